The first-order chi connectivity index (χ1) is 14.6. The van der Waals surface area contributed by atoms with E-state index >= 15 is 0 Å². The number of aromatic nitrogens is 4. The van der Waals surface area contributed by atoms with Gasteiger partial charge in [-0.05, 0) is 37.6 Å². The molecule has 5 rings (SSSR count). The number of anilines is 3. The molecule has 2 N–H and O–H groups in total. The number of hydrogen-bond acceptors (Lipinski definition) is 7. The average molecular weight is 406 g/mol. The van der Waals surface area contributed by atoms with E-state index in [2.05, 4.69) is 26.3 Å². The molecule has 1 saturated heterocycles. The number of nitrogens with zero attached hydrogens (tertiary/aromatic N) is 6. The minimum Gasteiger partial charge on any atom is -0.399 e. The summed E-state index contributed by atoms with van der Waals surface area (Å²) in [5.74, 6) is 2.75. The minimum atomic E-state index is 0.282. The Labute approximate surface area is 176 Å². The molecule has 0 radical (unpaired) electrons. The Morgan fingerprint density at radius 3 is 2.70 bits per heavy atom. The summed E-state index contributed by atoms with van der Waals surface area (Å²) in [6, 6.07) is 8.06. The number of nitrogen functional groups attached to an aromatic ring is 1. The first-order valence-corrected chi connectivity index (χ1v) is 10.4. The molecule has 1 aromatic carbocycles. The van der Waals surface area contributed by atoms with Crippen molar-refractivity contribution in [2.75, 3.05) is 41.8 Å². The Morgan fingerprint density at radius 2 is 1.97 bits per heavy atom. The number of imidazole rings is 1. The molecule has 8 nitrogen and oxygen atoms in total. The zero-order valence-electron chi connectivity index (χ0n) is 17.5. The molecule has 0 saturated carbocycles. The number of benzene rings is 1. The van der Waals surface area contributed by atoms with Gasteiger partial charge in [0.05, 0.1) is 31.5 Å². The highest BCUT2D eigenvalue weighted by molar-refractivity contribution is 5.64. The van der Waals surface area contributed by atoms with E-state index in [4.69, 9.17) is 20.4 Å². The summed E-state index contributed by atoms with van der Waals surface area (Å²) in [4.78, 5) is 19.2. The molecule has 0 amide bonds. The van der Waals surface area contributed by atoms with E-state index < -0.39 is 0 Å². The van der Waals surface area contributed by atoms with Gasteiger partial charge in [-0.3, -0.25) is 0 Å². The predicted octanol–water partition coefficient (Wildman–Crippen LogP) is 2.25. The van der Waals surface area contributed by atoms with Crippen LogP contribution < -0.4 is 15.5 Å². The molecule has 1 unspecified atom stereocenters. The van der Waals surface area contributed by atoms with Crippen molar-refractivity contribution >= 4 is 17.5 Å². The lowest BCUT2D eigenvalue weighted by atomic mass is 10.0. The SMILES string of the molecule is CC1COCCN1c1nc(-c2ccc(N)cc2)nc2c1CCN(c1nccn1C)C2. The Morgan fingerprint density at radius 1 is 1.13 bits per heavy atom. The highest BCUT2D eigenvalue weighted by Crippen LogP contribution is 2.32. The van der Waals surface area contributed by atoms with Crippen molar-refractivity contribution in [1.82, 2.24) is 19.5 Å². The van der Waals surface area contributed by atoms with Gasteiger partial charge in [0.1, 0.15) is 5.82 Å². The molecule has 156 valence electrons. The predicted molar refractivity (Wildman–Crippen MR) is 117 cm³/mol. The number of fused-ring (bicyclic) bond motifs is 1. The van der Waals surface area contributed by atoms with Gasteiger partial charge in [-0.2, -0.15) is 0 Å². The number of hydrogen-bond donors (Lipinski definition) is 1. The maximum absolute atomic E-state index is 5.89. The van der Waals surface area contributed by atoms with Crippen LogP contribution in [0.5, 0.6) is 0 Å². The highest BCUT2D eigenvalue weighted by Gasteiger charge is 2.29. The van der Waals surface area contributed by atoms with Crippen LogP contribution in [-0.2, 0) is 24.8 Å². The maximum atomic E-state index is 5.89. The second kappa shape index (κ2) is 7.60. The number of ether oxygens (including phenoxy) is 1. The van der Waals surface area contributed by atoms with Crippen molar-refractivity contribution in [1.29, 1.82) is 0 Å². The summed E-state index contributed by atoms with van der Waals surface area (Å²) < 4.78 is 7.72. The van der Waals surface area contributed by atoms with Gasteiger partial charge in [0.2, 0.25) is 5.95 Å². The lowest BCUT2D eigenvalue weighted by Crippen LogP contribution is -2.45. The summed E-state index contributed by atoms with van der Waals surface area (Å²) in [6.07, 6.45) is 4.71. The maximum Gasteiger partial charge on any atom is 0.205 e. The fraction of sp³-hybridized carbons (Fsp3) is 0.409. The zero-order chi connectivity index (χ0) is 20.7. The zero-order valence-corrected chi connectivity index (χ0v) is 17.5. The fourth-order valence-corrected chi connectivity index (χ4v) is 4.28. The quantitative estimate of drug-likeness (QED) is 0.669. The van der Waals surface area contributed by atoms with Gasteiger partial charge in [-0.1, -0.05) is 0 Å². The van der Waals surface area contributed by atoms with Gasteiger partial charge >= 0.3 is 0 Å². The van der Waals surface area contributed by atoms with E-state index in [9.17, 15) is 0 Å². The van der Waals surface area contributed by atoms with Crippen LogP contribution in [0.4, 0.5) is 17.5 Å². The molecular weight excluding hydrogens is 378 g/mol. The Kier molecular flexibility index (Phi) is 4.78. The molecule has 2 aliphatic rings. The smallest absolute Gasteiger partial charge is 0.205 e. The van der Waals surface area contributed by atoms with Gasteiger partial charge in [0.25, 0.3) is 0 Å². The van der Waals surface area contributed by atoms with Crippen LogP contribution in [0.1, 0.15) is 18.2 Å². The van der Waals surface area contributed by atoms with Crippen LogP contribution in [0.2, 0.25) is 0 Å². The first-order valence-electron chi connectivity index (χ1n) is 10.4. The summed E-state index contributed by atoms with van der Waals surface area (Å²) >= 11 is 0. The molecular formula is C22H27N7O. The van der Waals surface area contributed by atoms with Crippen LogP contribution >= 0.6 is 0 Å². The monoisotopic (exact) mass is 405 g/mol. The van der Waals surface area contributed by atoms with Crippen LogP contribution in [0.15, 0.2) is 36.7 Å². The summed E-state index contributed by atoms with van der Waals surface area (Å²) in [6.45, 7) is 6.09. The van der Waals surface area contributed by atoms with Crippen molar-refractivity contribution in [2.24, 2.45) is 7.05 Å². The Balaban J connectivity index is 1.59. The van der Waals surface area contributed by atoms with Gasteiger partial charge in [-0.15, -0.1) is 0 Å². The minimum absolute atomic E-state index is 0.282. The van der Waals surface area contributed by atoms with Crippen LogP contribution in [-0.4, -0.2) is 51.9 Å². The molecule has 0 spiro atoms. The molecule has 0 aliphatic carbocycles. The third-order valence-electron chi connectivity index (χ3n) is 5.93. The summed E-state index contributed by atoms with van der Waals surface area (Å²) in [5.41, 5.74) is 9.91. The van der Waals surface area contributed by atoms with Gasteiger partial charge in [0.15, 0.2) is 5.82 Å². The van der Waals surface area contributed by atoms with E-state index in [0.717, 1.165) is 73.8 Å². The average Bonchev–Trinajstić information content (AvgIpc) is 3.19. The second-order valence-electron chi connectivity index (χ2n) is 8.05. The highest BCUT2D eigenvalue weighted by atomic mass is 16.5. The van der Waals surface area contributed by atoms with Crippen molar-refractivity contribution in [2.45, 2.75) is 25.9 Å². The van der Waals surface area contributed by atoms with E-state index in [1.807, 2.05) is 43.7 Å². The Hall–Kier alpha value is -3.13. The van der Waals surface area contributed by atoms with Gasteiger partial charge in [-0.25, -0.2) is 15.0 Å². The topological polar surface area (TPSA) is 85.3 Å². The molecule has 2 aromatic heterocycles. The molecule has 4 heterocycles. The largest absolute Gasteiger partial charge is 0.399 e. The molecule has 0 bridgehead atoms. The number of aryl methyl sites for hydroxylation is 1. The second-order valence-corrected chi connectivity index (χ2v) is 8.05. The van der Waals surface area contributed by atoms with Gasteiger partial charge < -0.3 is 24.8 Å². The molecule has 8 heteroatoms. The molecule has 1 fully saturated rings. The molecule has 30 heavy (non-hydrogen) atoms. The normalized spacial score (nSPS) is 19.1. The lowest BCUT2D eigenvalue weighted by molar-refractivity contribution is 0.0984. The van der Waals surface area contributed by atoms with E-state index in [-0.39, 0.29) is 6.04 Å². The lowest BCUT2D eigenvalue weighted by Gasteiger charge is -2.38. The standard InChI is InChI=1S/C22H27N7O/c1-15-14-30-12-11-29(15)21-18-7-9-28(22-24-8-10-27(22)2)13-19(18)25-20(26-21)16-3-5-17(23)6-4-16/h3-6,8,10,15H,7,9,11-14,23H2,1-2H3. The van der Waals surface area contributed by atoms with E-state index in [1.54, 1.807) is 0 Å². The van der Waals surface area contributed by atoms with Crippen LogP contribution in [0.25, 0.3) is 11.4 Å². The van der Waals surface area contributed by atoms with Crippen LogP contribution in [0.3, 0.4) is 0 Å². The number of nitrogens with two attached hydrogens (primary N) is 1. The van der Waals surface area contributed by atoms with E-state index in [0.29, 0.717) is 0 Å². The van der Waals surface area contributed by atoms with E-state index in [1.165, 1.54) is 5.56 Å². The summed E-state index contributed by atoms with van der Waals surface area (Å²) in [5, 5.41) is 0. The number of rotatable bonds is 3. The van der Waals surface area contributed by atoms with Gasteiger partial charge in [0, 0.05) is 49.3 Å². The first kappa shape index (κ1) is 18.9. The van der Waals surface area contributed by atoms with Crippen molar-refractivity contribution in [3.8, 4) is 11.4 Å². The molecule has 2 aliphatic heterocycles. The third kappa shape index (κ3) is 3.37. The molecule has 1 atom stereocenters. The summed E-state index contributed by atoms with van der Waals surface area (Å²) in [7, 11) is 2.03. The fourth-order valence-electron chi connectivity index (χ4n) is 4.28. The van der Waals surface area contributed by atoms with Crippen molar-refractivity contribution in [3.05, 3.63) is 47.9 Å². The van der Waals surface area contributed by atoms with Crippen molar-refractivity contribution < 1.29 is 4.74 Å². The Bertz CT molecular complexity index is 1050. The van der Waals surface area contributed by atoms with Crippen LogP contribution in [0, 0.1) is 0 Å². The third-order valence-corrected chi connectivity index (χ3v) is 5.93. The number of morpholine rings is 1. The molecule has 3 aromatic rings. The van der Waals surface area contributed by atoms with Crippen molar-refractivity contribution in [3.63, 3.8) is 0 Å².